The number of hydrogen-bond donors (Lipinski definition) is 1. The third-order valence-corrected chi connectivity index (χ3v) is 5.85. The highest BCUT2D eigenvalue weighted by Crippen LogP contribution is 2.42. The van der Waals surface area contributed by atoms with Gasteiger partial charge in [-0.05, 0) is 37.6 Å². The second-order valence-corrected chi connectivity index (χ2v) is 8.07. The lowest BCUT2D eigenvalue weighted by atomic mass is 9.88. The monoisotopic (exact) mass is 498 g/mol. The van der Waals surface area contributed by atoms with E-state index >= 15 is 0 Å². The zero-order valence-electron chi connectivity index (χ0n) is 18.9. The standard InChI is InChI=1S/C22H22N8O2.2H2S/c1-12-7-9-29-18(12)21(32)30(16-6-4-5-8-24-16)20(27-29)17-13(2)11-28(17)19-15(14(3)31)10-25-22(23)26-19;;/h4-10,13,17H,11H2,1-3H3,(H2,23,25,26);2*1H2/t13-,17-;;/m0../s1. The van der Waals surface area contributed by atoms with Crippen LogP contribution in [0.15, 0.2) is 47.7 Å². The van der Waals surface area contributed by atoms with Crippen molar-refractivity contribution in [3.63, 3.8) is 0 Å². The number of anilines is 2. The highest BCUT2D eigenvalue weighted by atomic mass is 32.1. The molecule has 0 aromatic carbocycles. The molecule has 1 fully saturated rings. The summed E-state index contributed by atoms with van der Waals surface area (Å²) in [5, 5.41) is 4.82. The number of carbonyl (C=O) groups excluding carboxylic acids is 1. The first kappa shape index (κ1) is 25.2. The van der Waals surface area contributed by atoms with E-state index in [-0.39, 0.29) is 56.2 Å². The maximum atomic E-state index is 13.6. The van der Waals surface area contributed by atoms with Gasteiger partial charge in [0.05, 0.1) is 11.6 Å². The van der Waals surface area contributed by atoms with Crippen molar-refractivity contribution in [3.8, 4) is 5.82 Å². The lowest BCUT2D eigenvalue weighted by Crippen LogP contribution is -2.52. The van der Waals surface area contributed by atoms with Gasteiger partial charge in [-0.2, -0.15) is 37.1 Å². The molecule has 0 radical (unpaired) electrons. The molecule has 4 aromatic rings. The molecule has 34 heavy (non-hydrogen) atoms. The Morgan fingerprint density at radius 3 is 2.59 bits per heavy atom. The highest BCUT2D eigenvalue weighted by molar-refractivity contribution is 7.59. The first-order valence-corrected chi connectivity index (χ1v) is 10.3. The minimum absolute atomic E-state index is 0. The van der Waals surface area contributed by atoms with E-state index in [1.165, 1.54) is 13.1 Å². The Bertz CT molecular complexity index is 1420. The molecule has 2 N–H and O–H groups in total. The van der Waals surface area contributed by atoms with Gasteiger partial charge in [0, 0.05) is 31.1 Å². The number of aryl methyl sites for hydroxylation is 1. The van der Waals surface area contributed by atoms with Gasteiger partial charge in [-0.15, -0.1) is 0 Å². The van der Waals surface area contributed by atoms with Gasteiger partial charge >= 0.3 is 0 Å². The number of carbonyl (C=O) groups is 1. The van der Waals surface area contributed by atoms with E-state index in [0.29, 0.717) is 35.1 Å². The van der Waals surface area contributed by atoms with Crippen LogP contribution in [0.3, 0.4) is 0 Å². The van der Waals surface area contributed by atoms with Gasteiger partial charge < -0.3 is 10.6 Å². The van der Waals surface area contributed by atoms with Crippen LogP contribution in [0.1, 0.15) is 41.6 Å². The fourth-order valence-corrected chi connectivity index (χ4v) is 4.29. The molecular weight excluding hydrogens is 472 g/mol. The third-order valence-electron chi connectivity index (χ3n) is 5.85. The number of ketones is 1. The van der Waals surface area contributed by atoms with Crippen LogP contribution in [0.4, 0.5) is 11.8 Å². The van der Waals surface area contributed by atoms with Crippen LogP contribution in [-0.2, 0) is 0 Å². The average molecular weight is 499 g/mol. The van der Waals surface area contributed by atoms with Crippen LogP contribution in [0.2, 0.25) is 0 Å². The number of rotatable bonds is 4. The first-order valence-electron chi connectivity index (χ1n) is 10.3. The third kappa shape index (κ3) is 3.92. The van der Waals surface area contributed by atoms with E-state index in [9.17, 15) is 9.59 Å². The zero-order valence-corrected chi connectivity index (χ0v) is 20.9. The second kappa shape index (κ2) is 9.47. The predicted octanol–water partition coefficient (Wildman–Crippen LogP) is 2.19. The van der Waals surface area contributed by atoms with Gasteiger partial charge in [0.1, 0.15) is 17.2 Å². The van der Waals surface area contributed by atoms with Gasteiger partial charge in [-0.3, -0.25) is 9.59 Å². The summed E-state index contributed by atoms with van der Waals surface area (Å²) in [6, 6.07) is 6.94. The number of hydrogen-bond acceptors (Lipinski definition) is 8. The predicted molar refractivity (Wildman–Crippen MR) is 140 cm³/mol. The van der Waals surface area contributed by atoms with Crippen LogP contribution in [-0.4, -0.2) is 41.5 Å². The lowest BCUT2D eigenvalue weighted by molar-refractivity contribution is 0.101. The van der Waals surface area contributed by atoms with Crippen molar-refractivity contribution in [1.29, 1.82) is 0 Å². The number of aromatic nitrogens is 6. The quantitative estimate of drug-likeness (QED) is 0.425. The number of nitrogens with two attached hydrogens (primary N) is 1. The molecule has 12 heteroatoms. The summed E-state index contributed by atoms with van der Waals surface area (Å²) in [4.78, 5) is 40.5. The van der Waals surface area contributed by atoms with E-state index < -0.39 is 0 Å². The Hall–Kier alpha value is -3.38. The number of Topliss-reactive ketones (excluding diaryl/α,β-unsaturated/α-hetero) is 1. The molecule has 0 bridgehead atoms. The van der Waals surface area contributed by atoms with Crippen molar-refractivity contribution in [3.05, 3.63) is 70.2 Å². The summed E-state index contributed by atoms with van der Waals surface area (Å²) in [5.74, 6) is 1.50. The van der Waals surface area contributed by atoms with Gasteiger partial charge in [0.25, 0.3) is 5.56 Å². The molecule has 1 saturated heterocycles. The highest BCUT2D eigenvalue weighted by Gasteiger charge is 2.43. The van der Waals surface area contributed by atoms with Crippen LogP contribution < -0.4 is 16.2 Å². The topological polar surface area (TPSA) is 124 Å². The van der Waals surface area contributed by atoms with E-state index in [1.54, 1.807) is 33.6 Å². The zero-order chi connectivity index (χ0) is 22.6. The molecule has 0 unspecified atom stereocenters. The van der Waals surface area contributed by atoms with Gasteiger partial charge in [-0.25, -0.2) is 19.1 Å². The summed E-state index contributed by atoms with van der Waals surface area (Å²) in [6.07, 6.45) is 4.86. The van der Waals surface area contributed by atoms with Gasteiger partial charge in [0.15, 0.2) is 11.6 Å². The molecule has 5 heterocycles. The number of pyridine rings is 1. The molecule has 178 valence electrons. The van der Waals surface area contributed by atoms with Crippen molar-refractivity contribution >= 4 is 50.1 Å². The second-order valence-electron chi connectivity index (χ2n) is 8.07. The van der Waals surface area contributed by atoms with E-state index in [4.69, 9.17) is 10.8 Å². The Morgan fingerprint density at radius 2 is 1.94 bits per heavy atom. The van der Waals surface area contributed by atoms with Crippen LogP contribution in [0.5, 0.6) is 0 Å². The average Bonchev–Trinajstić information content (AvgIpc) is 3.13. The molecule has 2 atom stereocenters. The fraction of sp³-hybridized carbons (Fsp3) is 0.273. The Morgan fingerprint density at radius 1 is 1.18 bits per heavy atom. The summed E-state index contributed by atoms with van der Waals surface area (Å²) in [5.41, 5.74) is 7.34. The summed E-state index contributed by atoms with van der Waals surface area (Å²) in [7, 11) is 0. The fourth-order valence-electron chi connectivity index (χ4n) is 4.29. The lowest BCUT2D eigenvalue weighted by Gasteiger charge is -2.47. The molecule has 10 nitrogen and oxygen atoms in total. The molecule has 0 aliphatic carbocycles. The number of nitrogens with zero attached hydrogens (tertiary/aromatic N) is 7. The molecule has 4 aromatic heterocycles. The molecule has 1 aliphatic heterocycles. The molecule has 0 saturated carbocycles. The number of fused-ring (bicyclic) bond motifs is 1. The summed E-state index contributed by atoms with van der Waals surface area (Å²) < 4.78 is 3.16. The summed E-state index contributed by atoms with van der Waals surface area (Å²) >= 11 is 0. The summed E-state index contributed by atoms with van der Waals surface area (Å²) in [6.45, 7) is 6.04. The minimum atomic E-state index is -0.316. The SMILES string of the molecule is CC(=O)c1cnc(N)nc1N1C[C@H](C)[C@H]1c1nn2ccc(C)c2c(=O)n1-c1ccccn1.S.S. The van der Waals surface area contributed by atoms with E-state index in [1.807, 2.05) is 24.0 Å². The minimum Gasteiger partial charge on any atom is -0.368 e. The van der Waals surface area contributed by atoms with Crippen molar-refractivity contribution < 1.29 is 4.79 Å². The van der Waals surface area contributed by atoms with Crippen molar-refractivity contribution in [2.45, 2.75) is 26.8 Å². The Kier molecular flexibility index (Phi) is 7.03. The van der Waals surface area contributed by atoms with E-state index in [0.717, 1.165) is 5.56 Å². The van der Waals surface area contributed by atoms with Gasteiger partial charge in [0.2, 0.25) is 5.95 Å². The normalized spacial score (nSPS) is 17.0. The smallest absolute Gasteiger partial charge is 0.284 e. The molecule has 0 spiro atoms. The van der Waals surface area contributed by atoms with E-state index in [2.05, 4.69) is 21.9 Å². The maximum absolute atomic E-state index is 13.6. The van der Waals surface area contributed by atoms with Crippen LogP contribution >= 0.6 is 27.0 Å². The molecule has 0 amide bonds. The van der Waals surface area contributed by atoms with Crippen LogP contribution in [0.25, 0.3) is 11.3 Å². The van der Waals surface area contributed by atoms with Crippen molar-refractivity contribution in [1.82, 2.24) is 29.1 Å². The largest absolute Gasteiger partial charge is 0.368 e. The number of nitrogen functional groups attached to an aromatic ring is 1. The molecule has 1 aliphatic rings. The van der Waals surface area contributed by atoms with Gasteiger partial charge in [-0.1, -0.05) is 13.0 Å². The van der Waals surface area contributed by atoms with Crippen molar-refractivity contribution in [2.24, 2.45) is 5.92 Å². The van der Waals surface area contributed by atoms with Crippen molar-refractivity contribution in [2.75, 3.05) is 17.2 Å². The first-order chi connectivity index (χ1) is 15.4. The molecule has 5 rings (SSSR count). The van der Waals surface area contributed by atoms with Crippen LogP contribution in [0, 0.1) is 12.8 Å². The molecular formula is C22H26N8O2S2. The maximum Gasteiger partial charge on any atom is 0.284 e. The Balaban J connectivity index is 0.00000162. The Labute approximate surface area is 209 Å².